The molecule has 3 heteroatoms. The van der Waals surface area contributed by atoms with Gasteiger partial charge in [-0.1, -0.05) is 27.7 Å². The van der Waals surface area contributed by atoms with Gasteiger partial charge < -0.3 is 0 Å². The number of hydrogen-bond acceptors (Lipinski definition) is 2. The zero-order valence-electron chi connectivity index (χ0n) is 10.5. The average molecular weight is 220 g/mol. The molecule has 0 aromatic carbocycles. The van der Waals surface area contributed by atoms with Crippen LogP contribution in [0.4, 0.5) is 0 Å². The molecule has 0 saturated heterocycles. The molecule has 0 unspecified atom stereocenters. The lowest BCUT2D eigenvalue weighted by Crippen LogP contribution is -2.33. The normalized spacial score (nSPS) is 19.8. The average Bonchev–Trinajstić information content (AvgIpc) is 2.14. The van der Waals surface area contributed by atoms with Crippen LogP contribution in [0.2, 0.25) is 0 Å². The van der Waals surface area contributed by atoms with Crippen molar-refractivity contribution in [3.63, 3.8) is 0 Å². The Morgan fingerprint density at radius 3 is 2.56 bits per heavy atom. The summed E-state index contributed by atoms with van der Waals surface area (Å²) in [4.78, 5) is 11.7. The molecule has 1 aliphatic rings. The van der Waals surface area contributed by atoms with E-state index in [1.54, 1.807) is 0 Å². The van der Waals surface area contributed by atoms with Crippen LogP contribution in [-0.4, -0.2) is 10.2 Å². The Morgan fingerprint density at radius 2 is 2.06 bits per heavy atom. The Balaban J connectivity index is 2.27. The van der Waals surface area contributed by atoms with E-state index in [0.717, 1.165) is 24.1 Å². The van der Waals surface area contributed by atoms with Gasteiger partial charge in [-0.15, -0.1) is 0 Å². The van der Waals surface area contributed by atoms with E-state index in [2.05, 4.69) is 37.9 Å². The van der Waals surface area contributed by atoms with Crippen LogP contribution in [-0.2, 0) is 0 Å². The molecule has 0 amide bonds. The molecule has 2 rings (SSSR count). The maximum Gasteiger partial charge on any atom is 0.267 e. The summed E-state index contributed by atoms with van der Waals surface area (Å²) in [5.41, 5.74) is 2.31. The van der Waals surface area contributed by atoms with E-state index in [1.165, 1.54) is 0 Å². The maximum atomic E-state index is 11.7. The number of hydrogen-bond donors (Lipinski definition) is 1. The molecule has 3 nitrogen and oxygen atoms in total. The predicted octanol–water partition coefficient (Wildman–Crippen LogP) is 2.80. The lowest BCUT2D eigenvalue weighted by atomic mass is 9.62. The number of nitrogens with zero attached hydrogens (tertiary/aromatic N) is 1. The van der Waals surface area contributed by atoms with Gasteiger partial charge in [-0.05, 0) is 36.2 Å². The molecule has 1 N–H and O–H groups in total. The molecule has 0 bridgehead atoms. The highest BCUT2D eigenvalue weighted by molar-refractivity contribution is 5.22. The second kappa shape index (κ2) is 3.72. The minimum Gasteiger partial charge on any atom is -0.268 e. The van der Waals surface area contributed by atoms with Crippen LogP contribution < -0.4 is 5.56 Å². The molecule has 1 fully saturated rings. The zero-order valence-corrected chi connectivity index (χ0v) is 10.5. The fourth-order valence-corrected chi connectivity index (χ4v) is 2.53. The van der Waals surface area contributed by atoms with E-state index in [1.807, 2.05) is 6.07 Å². The fourth-order valence-electron chi connectivity index (χ4n) is 2.53. The van der Waals surface area contributed by atoms with Gasteiger partial charge in [-0.3, -0.25) is 4.79 Å². The molecule has 0 radical (unpaired) electrons. The van der Waals surface area contributed by atoms with Crippen molar-refractivity contribution in [2.75, 3.05) is 0 Å². The Labute approximate surface area is 96.3 Å². The third kappa shape index (κ3) is 2.04. The molecule has 1 aliphatic carbocycles. The quantitative estimate of drug-likeness (QED) is 0.833. The third-order valence-corrected chi connectivity index (χ3v) is 3.48. The van der Waals surface area contributed by atoms with Gasteiger partial charge in [0, 0.05) is 5.56 Å². The smallest absolute Gasteiger partial charge is 0.267 e. The molecule has 1 saturated carbocycles. The van der Waals surface area contributed by atoms with Crippen LogP contribution in [0, 0.1) is 5.41 Å². The van der Waals surface area contributed by atoms with Crippen LogP contribution in [0.15, 0.2) is 10.9 Å². The second-order valence-electron chi connectivity index (χ2n) is 6.00. The van der Waals surface area contributed by atoms with E-state index in [4.69, 9.17) is 0 Å². The van der Waals surface area contributed by atoms with Crippen molar-refractivity contribution in [3.05, 3.63) is 27.7 Å². The Kier molecular flexibility index (Phi) is 2.64. The SMILES string of the molecule is CC(C)c1cc(C2CC(C)(C)C2)c(=O)[nH]n1. The first kappa shape index (κ1) is 11.4. The number of nitrogens with one attached hydrogen (secondary N) is 1. The highest BCUT2D eigenvalue weighted by Gasteiger charge is 2.38. The van der Waals surface area contributed by atoms with Gasteiger partial charge in [0.1, 0.15) is 0 Å². The molecule has 1 heterocycles. The van der Waals surface area contributed by atoms with Gasteiger partial charge in [-0.25, -0.2) is 5.10 Å². The minimum atomic E-state index is -0.00935. The van der Waals surface area contributed by atoms with Crippen molar-refractivity contribution >= 4 is 0 Å². The first-order valence-electron chi connectivity index (χ1n) is 5.98. The van der Waals surface area contributed by atoms with Crippen LogP contribution in [0.5, 0.6) is 0 Å². The molecule has 0 aliphatic heterocycles. The molecule has 0 atom stereocenters. The van der Waals surface area contributed by atoms with Crippen molar-refractivity contribution in [2.24, 2.45) is 5.41 Å². The molecule has 1 aromatic heterocycles. The number of rotatable bonds is 2. The van der Waals surface area contributed by atoms with E-state index < -0.39 is 0 Å². The summed E-state index contributed by atoms with van der Waals surface area (Å²) in [6, 6.07) is 1.99. The summed E-state index contributed by atoms with van der Waals surface area (Å²) >= 11 is 0. The summed E-state index contributed by atoms with van der Waals surface area (Å²) < 4.78 is 0. The monoisotopic (exact) mass is 220 g/mol. The highest BCUT2D eigenvalue weighted by atomic mass is 16.1. The largest absolute Gasteiger partial charge is 0.268 e. The zero-order chi connectivity index (χ0) is 11.9. The van der Waals surface area contributed by atoms with Crippen LogP contribution in [0.3, 0.4) is 0 Å². The van der Waals surface area contributed by atoms with Crippen molar-refractivity contribution in [2.45, 2.75) is 52.4 Å². The summed E-state index contributed by atoms with van der Waals surface area (Å²) in [5, 5.41) is 6.70. The summed E-state index contributed by atoms with van der Waals surface area (Å²) in [7, 11) is 0. The Hall–Kier alpha value is -1.12. The molecule has 88 valence electrons. The Morgan fingerprint density at radius 1 is 1.44 bits per heavy atom. The highest BCUT2D eigenvalue weighted by Crippen LogP contribution is 2.49. The van der Waals surface area contributed by atoms with Gasteiger partial charge >= 0.3 is 0 Å². The number of H-pyrrole nitrogens is 1. The second-order valence-corrected chi connectivity index (χ2v) is 6.00. The van der Waals surface area contributed by atoms with Gasteiger partial charge in [0.2, 0.25) is 0 Å². The molecule has 0 spiro atoms. The lowest BCUT2D eigenvalue weighted by Gasteiger charge is -2.42. The van der Waals surface area contributed by atoms with Crippen LogP contribution >= 0.6 is 0 Å². The fraction of sp³-hybridized carbons (Fsp3) is 0.692. The minimum absolute atomic E-state index is 0.00935. The summed E-state index contributed by atoms with van der Waals surface area (Å²) in [5.74, 6) is 0.794. The van der Waals surface area contributed by atoms with Gasteiger partial charge in [0.15, 0.2) is 0 Å². The van der Waals surface area contributed by atoms with Gasteiger partial charge in [-0.2, -0.15) is 5.10 Å². The molecule has 16 heavy (non-hydrogen) atoms. The van der Waals surface area contributed by atoms with E-state index >= 15 is 0 Å². The number of aromatic amines is 1. The Bertz CT molecular complexity index is 437. The predicted molar refractivity (Wildman–Crippen MR) is 64.7 cm³/mol. The van der Waals surface area contributed by atoms with E-state index in [-0.39, 0.29) is 5.56 Å². The standard InChI is InChI=1S/C13H20N2O/c1-8(2)11-5-10(12(16)15-14-11)9-6-13(3,4)7-9/h5,8-9H,6-7H2,1-4H3,(H,15,16). The number of aromatic nitrogens is 2. The topological polar surface area (TPSA) is 45.8 Å². The van der Waals surface area contributed by atoms with Crippen molar-refractivity contribution in [3.8, 4) is 0 Å². The summed E-state index contributed by atoms with van der Waals surface area (Å²) in [6.45, 7) is 8.69. The van der Waals surface area contributed by atoms with E-state index in [0.29, 0.717) is 17.3 Å². The molecule has 1 aromatic rings. The van der Waals surface area contributed by atoms with Gasteiger partial charge in [0.25, 0.3) is 5.56 Å². The van der Waals surface area contributed by atoms with Gasteiger partial charge in [0.05, 0.1) is 5.69 Å². The molecular formula is C13H20N2O. The van der Waals surface area contributed by atoms with Crippen molar-refractivity contribution < 1.29 is 0 Å². The van der Waals surface area contributed by atoms with Crippen molar-refractivity contribution in [1.29, 1.82) is 0 Å². The van der Waals surface area contributed by atoms with Crippen molar-refractivity contribution in [1.82, 2.24) is 10.2 Å². The first-order chi connectivity index (χ1) is 7.39. The van der Waals surface area contributed by atoms with Crippen LogP contribution in [0.1, 0.15) is 63.6 Å². The molecular weight excluding hydrogens is 200 g/mol. The first-order valence-corrected chi connectivity index (χ1v) is 5.98. The summed E-state index contributed by atoms with van der Waals surface area (Å²) in [6.07, 6.45) is 2.22. The third-order valence-electron chi connectivity index (χ3n) is 3.48. The lowest BCUT2D eigenvalue weighted by molar-refractivity contribution is 0.150. The van der Waals surface area contributed by atoms with Crippen LogP contribution in [0.25, 0.3) is 0 Å². The maximum absolute atomic E-state index is 11.7. The van der Waals surface area contributed by atoms with E-state index in [9.17, 15) is 4.79 Å².